The number of rotatable bonds is 5. The Bertz CT molecular complexity index is 968. The molecule has 3 rings (SSSR count). The summed E-state index contributed by atoms with van der Waals surface area (Å²) in [5.41, 5.74) is 1.27. The Hall–Kier alpha value is -3.36. The van der Waals surface area contributed by atoms with Gasteiger partial charge in [-0.25, -0.2) is 0 Å². The maximum absolute atomic E-state index is 12.6. The molecule has 1 heterocycles. The molecular weight excluding hydrogens is 375 g/mol. The molecule has 1 amide bonds. The van der Waals surface area contributed by atoms with E-state index in [0.717, 1.165) is 0 Å². The van der Waals surface area contributed by atoms with Gasteiger partial charge in [0.2, 0.25) is 0 Å². The number of para-hydroxylation sites is 1. The van der Waals surface area contributed by atoms with Crippen LogP contribution < -0.4 is 4.74 Å². The van der Waals surface area contributed by atoms with Crippen LogP contribution in [0.4, 0.5) is 13.2 Å². The lowest BCUT2D eigenvalue weighted by Gasteiger charge is -2.20. The fraction of sp³-hybridized carbons (Fsp3) is 0.211. The average molecular weight is 391 g/mol. The number of aryl methyl sites for hydroxylation is 1. The number of nitrogens with zero attached hydrogens (tertiary/aromatic N) is 3. The molecule has 0 spiro atoms. The number of benzene rings is 2. The quantitative estimate of drug-likeness (QED) is 0.652. The van der Waals surface area contributed by atoms with E-state index in [1.54, 1.807) is 37.3 Å². The van der Waals surface area contributed by atoms with E-state index in [2.05, 4.69) is 14.9 Å². The third kappa shape index (κ3) is 4.67. The lowest BCUT2D eigenvalue weighted by atomic mass is 10.1. The van der Waals surface area contributed by atoms with Crippen molar-refractivity contribution in [2.24, 2.45) is 0 Å². The summed E-state index contributed by atoms with van der Waals surface area (Å²) < 4.78 is 46.7. The van der Waals surface area contributed by atoms with E-state index in [1.165, 1.54) is 30.1 Å². The van der Waals surface area contributed by atoms with Gasteiger partial charge in [-0.15, -0.1) is 13.2 Å². The van der Waals surface area contributed by atoms with Gasteiger partial charge in [-0.05, 0) is 37.3 Å². The Kier molecular flexibility index (Phi) is 5.34. The summed E-state index contributed by atoms with van der Waals surface area (Å²) in [5.74, 6) is 0.143. The summed E-state index contributed by atoms with van der Waals surface area (Å²) in [4.78, 5) is 18.0. The monoisotopic (exact) mass is 391 g/mol. The van der Waals surface area contributed by atoms with Crippen LogP contribution in [0.15, 0.2) is 53.1 Å². The number of amides is 1. The highest BCUT2D eigenvalue weighted by molar-refractivity contribution is 5.94. The van der Waals surface area contributed by atoms with E-state index in [0.29, 0.717) is 22.8 Å². The van der Waals surface area contributed by atoms with E-state index in [-0.39, 0.29) is 23.8 Å². The normalized spacial score (nSPS) is 11.3. The molecule has 0 aliphatic rings. The SMILES string of the molecule is Cc1noc(-c2ccc(C(=O)N(C)Cc3ccccc3OC(F)(F)F)cc2)n1. The number of carbonyl (C=O) groups excluding carboxylic acids is 1. The second-order valence-electron chi connectivity index (χ2n) is 6.04. The average Bonchev–Trinajstić information content (AvgIpc) is 3.08. The first kappa shape index (κ1) is 19.4. The van der Waals surface area contributed by atoms with Crippen LogP contribution in [-0.2, 0) is 6.54 Å². The summed E-state index contributed by atoms with van der Waals surface area (Å²) in [6.45, 7) is 1.65. The molecule has 3 aromatic rings. The summed E-state index contributed by atoms with van der Waals surface area (Å²) in [6, 6.07) is 12.2. The highest BCUT2D eigenvalue weighted by Gasteiger charge is 2.32. The smallest absolute Gasteiger partial charge is 0.405 e. The van der Waals surface area contributed by atoms with Crippen molar-refractivity contribution < 1.29 is 27.2 Å². The molecular formula is C19H16F3N3O3. The Morgan fingerprint density at radius 3 is 2.43 bits per heavy atom. The molecule has 9 heteroatoms. The molecule has 0 saturated carbocycles. The van der Waals surface area contributed by atoms with Crippen molar-refractivity contribution in [3.63, 3.8) is 0 Å². The molecule has 0 atom stereocenters. The highest BCUT2D eigenvalue weighted by atomic mass is 19.4. The minimum Gasteiger partial charge on any atom is -0.405 e. The van der Waals surface area contributed by atoms with Crippen molar-refractivity contribution in [3.8, 4) is 17.2 Å². The van der Waals surface area contributed by atoms with E-state index >= 15 is 0 Å². The number of alkyl halides is 3. The topological polar surface area (TPSA) is 68.5 Å². The van der Waals surface area contributed by atoms with Crippen LogP contribution in [0, 0.1) is 6.92 Å². The van der Waals surface area contributed by atoms with Crippen LogP contribution in [0.25, 0.3) is 11.5 Å². The fourth-order valence-corrected chi connectivity index (χ4v) is 2.58. The standard InChI is InChI=1S/C19H16F3N3O3/c1-12-23-17(28-24-12)13-7-9-14(10-8-13)18(26)25(2)11-15-5-3-4-6-16(15)27-19(20,21)22/h3-10H,11H2,1-2H3. The highest BCUT2D eigenvalue weighted by Crippen LogP contribution is 2.27. The van der Waals surface area contributed by atoms with Gasteiger partial charge in [-0.3, -0.25) is 4.79 Å². The molecule has 0 saturated heterocycles. The first-order valence-corrected chi connectivity index (χ1v) is 8.23. The van der Waals surface area contributed by atoms with E-state index in [9.17, 15) is 18.0 Å². The molecule has 6 nitrogen and oxygen atoms in total. The lowest BCUT2D eigenvalue weighted by Crippen LogP contribution is -2.27. The Balaban J connectivity index is 1.73. The maximum atomic E-state index is 12.6. The molecule has 0 radical (unpaired) electrons. The maximum Gasteiger partial charge on any atom is 0.573 e. The van der Waals surface area contributed by atoms with Crippen molar-refractivity contribution in [2.75, 3.05) is 7.05 Å². The minimum atomic E-state index is -4.80. The lowest BCUT2D eigenvalue weighted by molar-refractivity contribution is -0.275. The fourth-order valence-electron chi connectivity index (χ4n) is 2.58. The van der Waals surface area contributed by atoms with E-state index in [1.807, 2.05) is 0 Å². The third-order valence-corrected chi connectivity index (χ3v) is 3.86. The number of halogens is 3. The Morgan fingerprint density at radius 1 is 1.14 bits per heavy atom. The van der Waals surface area contributed by atoms with Crippen molar-refractivity contribution in [2.45, 2.75) is 19.8 Å². The number of aromatic nitrogens is 2. The molecule has 1 aromatic heterocycles. The zero-order valence-corrected chi connectivity index (χ0v) is 15.0. The molecule has 0 N–H and O–H groups in total. The summed E-state index contributed by atoms with van der Waals surface area (Å²) >= 11 is 0. The Morgan fingerprint density at radius 2 is 1.82 bits per heavy atom. The van der Waals surface area contributed by atoms with Crippen LogP contribution in [0.5, 0.6) is 5.75 Å². The number of hydrogen-bond donors (Lipinski definition) is 0. The summed E-state index contributed by atoms with van der Waals surface area (Å²) in [7, 11) is 1.50. The van der Waals surface area contributed by atoms with Gasteiger partial charge in [-0.2, -0.15) is 4.98 Å². The second kappa shape index (κ2) is 7.71. The van der Waals surface area contributed by atoms with Crippen molar-refractivity contribution in [1.82, 2.24) is 15.0 Å². The molecule has 0 unspecified atom stereocenters. The Labute approximate surface area is 158 Å². The molecule has 0 aliphatic carbocycles. The molecule has 0 fully saturated rings. The van der Waals surface area contributed by atoms with Crippen molar-refractivity contribution >= 4 is 5.91 Å². The molecule has 2 aromatic carbocycles. The number of hydrogen-bond acceptors (Lipinski definition) is 5. The minimum absolute atomic E-state index is 0.0459. The molecule has 146 valence electrons. The first-order valence-electron chi connectivity index (χ1n) is 8.23. The second-order valence-corrected chi connectivity index (χ2v) is 6.04. The van der Waals surface area contributed by atoms with Gasteiger partial charge in [0.05, 0.1) is 0 Å². The van der Waals surface area contributed by atoms with Crippen LogP contribution in [0.3, 0.4) is 0 Å². The van der Waals surface area contributed by atoms with Gasteiger partial charge in [0.1, 0.15) is 5.75 Å². The zero-order chi connectivity index (χ0) is 20.3. The van der Waals surface area contributed by atoms with E-state index in [4.69, 9.17) is 4.52 Å². The van der Waals surface area contributed by atoms with Gasteiger partial charge in [0, 0.05) is 30.3 Å². The van der Waals surface area contributed by atoms with Crippen LogP contribution in [-0.4, -0.2) is 34.4 Å². The van der Waals surface area contributed by atoms with Gasteiger partial charge < -0.3 is 14.2 Å². The largest absolute Gasteiger partial charge is 0.573 e. The number of carbonyl (C=O) groups is 1. The molecule has 0 bridgehead atoms. The predicted octanol–water partition coefficient (Wildman–Crippen LogP) is 4.22. The number of ether oxygens (including phenoxy) is 1. The molecule has 28 heavy (non-hydrogen) atoms. The van der Waals surface area contributed by atoms with Crippen molar-refractivity contribution in [3.05, 3.63) is 65.5 Å². The predicted molar refractivity (Wildman–Crippen MR) is 93.4 cm³/mol. The van der Waals surface area contributed by atoms with Gasteiger partial charge in [-0.1, -0.05) is 23.4 Å². The van der Waals surface area contributed by atoms with E-state index < -0.39 is 6.36 Å². The van der Waals surface area contributed by atoms with Gasteiger partial charge in [0.25, 0.3) is 11.8 Å². The summed E-state index contributed by atoms with van der Waals surface area (Å²) in [6.07, 6.45) is -4.80. The van der Waals surface area contributed by atoms with Crippen molar-refractivity contribution in [1.29, 1.82) is 0 Å². The zero-order valence-electron chi connectivity index (χ0n) is 15.0. The van der Waals surface area contributed by atoms with Crippen LogP contribution in [0.2, 0.25) is 0 Å². The third-order valence-electron chi connectivity index (χ3n) is 3.86. The summed E-state index contributed by atoms with van der Waals surface area (Å²) in [5, 5.41) is 3.71. The van der Waals surface area contributed by atoms with Crippen LogP contribution >= 0.6 is 0 Å². The van der Waals surface area contributed by atoms with Gasteiger partial charge in [0.15, 0.2) is 5.82 Å². The molecule has 0 aliphatic heterocycles. The first-order chi connectivity index (χ1) is 13.2. The van der Waals surface area contributed by atoms with Gasteiger partial charge >= 0.3 is 6.36 Å². The van der Waals surface area contributed by atoms with Crippen LogP contribution in [0.1, 0.15) is 21.7 Å².